The molecule has 0 unspecified atom stereocenters. The molecule has 0 radical (unpaired) electrons. The number of nitrogens with one attached hydrogen (secondary N) is 1. The molecule has 24 heavy (non-hydrogen) atoms. The van der Waals surface area contributed by atoms with Crippen molar-refractivity contribution in [1.82, 2.24) is 20.1 Å². The topological polar surface area (TPSA) is 65.5 Å². The summed E-state index contributed by atoms with van der Waals surface area (Å²) in [4.78, 5) is 32.7. The van der Waals surface area contributed by atoms with E-state index in [9.17, 15) is 9.59 Å². The van der Waals surface area contributed by atoms with Gasteiger partial charge in [0.25, 0.3) is 5.91 Å². The lowest BCUT2D eigenvalue weighted by molar-refractivity contribution is 0.0661. The standard InChI is InChI=1S/C18H20N4O2/c23-17(16-6-5-13-3-1-2-4-15(13)20-16)21-10-7-14(8-11-21)22-12-9-19-18(22)24/h1-6,14H,7-12H2,(H,19,24). The Kier molecular flexibility index (Phi) is 3.80. The number of nitrogens with zero attached hydrogens (tertiary/aromatic N) is 3. The van der Waals surface area contributed by atoms with Crippen LogP contribution in [0.1, 0.15) is 23.3 Å². The zero-order valence-electron chi connectivity index (χ0n) is 13.4. The molecule has 2 aromatic rings. The molecule has 6 nitrogen and oxygen atoms in total. The molecule has 1 aromatic carbocycles. The number of aromatic nitrogens is 1. The molecule has 4 rings (SSSR count). The number of para-hydroxylation sites is 1. The fourth-order valence-corrected chi connectivity index (χ4v) is 3.56. The highest BCUT2D eigenvalue weighted by Gasteiger charge is 2.32. The van der Waals surface area contributed by atoms with E-state index in [0.29, 0.717) is 18.8 Å². The fraction of sp³-hybridized carbons (Fsp3) is 0.389. The first-order valence-corrected chi connectivity index (χ1v) is 8.42. The van der Waals surface area contributed by atoms with Crippen LogP contribution in [0.4, 0.5) is 4.79 Å². The van der Waals surface area contributed by atoms with Gasteiger partial charge in [0, 0.05) is 37.6 Å². The van der Waals surface area contributed by atoms with Crippen LogP contribution in [-0.2, 0) is 0 Å². The molecule has 2 aliphatic rings. The first-order chi connectivity index (χ1) is 11.7. The fourth-order valence-electron chi connectivity index (χ4n) is 3.56. The summed E-state index contributed by atoms with van der Waals surface area (Å²) in [6, 6.07) is 11.8. The maximum atomic E-state index is 12.7. The Balaban J connectivity index is 1.44. The third-order valence-corrected chi connectivity index (χ3v) is 4.90. The SMILES string of the molecule is O=C(c1ccc2ccccc2n1)N1CCC(N2CCNC2=O)CC1. The Hall–Kier alpha value is -2.63. The summed E-state index contributed by atoms with van der Waals surface area (Å²) < 4.78 is 0. The second-order valence-corrected chi connectivity index (χ2v) is 6.34. The van der Waals surface area contributed by atoms with Crippen LogP contribution in [0.5, 0.6) is 0 Å². The summed E-state index contributed by atoms with van der Waals surface area (Å²) in [5.74, 6) is -0.0231. The molecule has 2 saturated heterocycles. The van der Waals surface area contributed by atoms with Crippen LogP contribution in [0.25, 0.3) is 10.9 Å². The predicted octanol–water partition coefficient (Wildman–Crippen LogP) is 1.86. The minimum absolute atomic E-state index is 0.0231. The number of urea groups is 1. The second-order valence-electron chi connectivity index (χ2n) is 6.34. The number of fused-ring (bicyclic) bond motifs is 1. The second kappa shape index (κ2) is 6.11. The molecular weight excluding hydrogens is 304 g/mol. The van der Waals surface area contributed by atoms with Crippen LogP contribution in [0.2, 0.25) is 0 Å². The number of hydrogen-bond donors (Lipinski definition) is 1. The highest BCUT2D eigenvalue weighted by Crippen LogP contribution is 2.20. The number of hydrogen-bond acceptors (Lipinski definition) is 3. The average molecular weight is 324 g/mol. The number of pyridine rings is 1. The highest BCUT2D eigenvalue weighted by atomic mass is 16.2. The lowest BCUT2D eigenvalue weighted by atomic mass is 10.0. The molecule has 3 heterocycles. The third kappa shape index (κ3) is 2.68. The lowest BCUT2D eigenvalue weighted by Crippen LogP contribution is -2.47. The number of piperidine rings is 1. The van der Waals surface area contributed by atoms with Crippen molar-refractivity contribution in [1.29, 1.82) is 0 Å². The summed E-state index contributed by atoms with van der Waals surface area (Å²) in [5.41, 5.74) is 1.33. The number of carbonyl (C=O) groups excluding carboxylic acids is 2. The number of likely N-dealkylation sites (tertiary alicyclic amines) is 1. The highest BCUT2D eigenvalue weighted by molar-refractivity contribution is 5.95. The van der Waals surface area contributed by atoms with Crippen LogP contribution in [0.3, 0.4) is 0 Å². The van der Waals surface area contributed by atoms with Gasteiger partial charge in [0.1, 0.15) is 5.69 Å². The quantitative estimate of drug-likeness (QED) is 0.917. The predicted molar refractivity (Wildman–Crippen MR) is 90.8 cm³/mol. The van der Waals surface area contributed by atoms with Crippen molar-refractivity contribution < 1.29 is 9.59 Å². The van der Waals surface area contributed by atoms with Gasteiger partial charge < -0.3 is 15.1 Å². The van der Waals surface area contributed by atoms with E-state index < -0.39 is 0 Å². The van der Waals surface area contributed by atoms with Crippen LogP contribution >= 0.6 is 0 Å². The average Bonchev–Trinajstić information content (AvgIpc) is 3.07. The van der Waals surface area contributed by atoms with Gasteiger partial charge in [0.15, 0.2) is 0 Å². The van der Waals surface area contributed by atoms with Gasteiger partial charge in [0.05, 0.1) is 5.52 Å². The van der Waals surface area contributed by atoms with E-state index in [-0.39, 0.29) is 18.0 Å². The molecule has 0 saturated carbocycles. The normalized spacial score (nSPS) is 18.9. The Morgan fingerprint density at radius 1 is 1.08 bits per heavy atom. The molecule has 0 aliphatic carbocycles. The van der Waals surface area contributed by atoms with Crippen LogP contribution in [0.15, 0.2) is 36.4 Å². The Bertz CT molecular complexity index is 783. The molecule has 0 atom stereocenters. The molecule has 0 bridgehead atoms. The van der Waals surface area contributed by atoms with E-state index in [4.69, 9.17) is 0 Å². The summed E-state index contributed by atoms with van der Waals surface area (Å²) >= 11 is 0. The number of rotatable bonds is 2. The maximum Gasteiger partial charge on any atom is 0.317 e. The van der Waals surface area contributed by atoms with Crippen molar-refractivity contribution in [2.45, 2.75) is 18.9 Å². The minimum atomic E-state index is -0.0231. The largest absolute Gasteiger partial charge is 0.337 e. The van der Waals surface area contributed by atoms with Gasteiger partial charge in [-0.15, -0.1) is 0 Å². The van der Waals surface area contributed by atoms with Crippen LogP contribution in [0, 0.1) is 0 Å². The Labute approximate surface area is 140 Å². The Morgan fingerprint density at radius 2 is 1.88 bits per heavy atom. The number of carbonyl (C=O) groups is 2. The van der Waals surface area contributed by atoms with Gasteiger partial charge in [-0.2, -0.15) is 0 Å². The molecule has 6 heteroatoms. The van der Waals surface area contributed by atoms with Crippen molar-refractivity contribution >= 4 is 22.8 Å². The van der Waals surface area contributed by atoms with Crippen molar-refractivity contribution in [3.8, 4) is 0 Å². The van der Waals surface area contributed by atoms with Crippen molar-refractivity contribution in [3.63, 3.8) is 0 Å². The smallest absolute Gasteiger partial charge is 0.317 e. The van der Waals surface area contributed by atoms with E-state index >= 15 is 0 Å². The van der Waals surface area contributed by atoms with E-state index in [1.165, 1.54) is 0 Å². The van der Waals surface area contributed by atoms with E-state index in [0.717, 1.165) is 36.8 Å². The van der Waals surface area contributed by atoms with E-state index in [2.05, 4.69) is 10.3 Å². The summed E-state index contributed by atoms with van der Waals surface area (Å²) in [6.07, 6.45) is 1.65. The zero-order valence-corrected chi connectivity index (χ0v) is 13.4. The molecule has 1 aromatic heterocycles. The zero-order chi connectivity index (χ0) is 16.5. The van der Waals surface area contributed by atoms with Gasteiger partial charge in [-0.3, -0.25) is 4.79 Å². The lowest BCUT2D eigenvalue weighted by Gasteiger charge is -2.36. The van der Waals surface area contributed by atoms with Gasteiger partial charge >= 0.3 is 6.03 Å². The maximum absolute atomic E-state index is 12.7. The minimum Gasteiger partial charge on any atom is -0.337 e. The van der Waals surface area contributed by atoms with Crippen molar-refractivity contribution in [3.05, 3.63) is 42.1 Å². The first-order valence-electron chi connectivity index (χ1n) is 8.42. The molecular formula is C18H20N4O2. The van der Waals surface area contributed by atoms with Crippen LogP contribution < -0.4 is 5.32 Å². The first kappa shape index (κ1) is 14.9. The number of amides is 3. The summed E-state index contributed by atoms with van der Waals surface area (Å²) in [6.45, 7) is 2.83. The molecule has 2 fully saturated rings. The Morgan fingerprint density at radius 3 is 2.62 bits per heavy atom. The van der Waals surface area contributed by atoms with E-state index in [1.54, 1.807) is 6.07 Å². The molecule has 2 aliphatic heterocycles. The number of benzene rings is 1. The van der Waals surface area contributed by atoms with Crippen LogP contribution in [-0.4, -0.2) is 58.9 Å². The summed E-state index contributed by atoms with van der Waals surface area (Å²) in [7, 11) is 0. The van der Waals surface area contributed by atoms with Crippen molar-refractivity contribution in [2.24, 2.45) is 0 Å². The molecule has 124 valence electrons. The third-order valence-electron chi connectivity index (χ3n) is 4.90. The molecule has 0 spiro atoms. The van der Waals surface area contributed by atoms with Crippen molar-refractivity contribution in [2.75, 3.05) is 26.2 Å². The molecule has 3 amide bonds. The summed E-state index contributed by atoms with van der Waals surface area (Å²) in [5, 5.41) is 3.88. The van der Waals surface area contributed by atoms with Gasteiger partial charge in [-0.1, -0.05) is 24.3 Å². The van der Waals surface area contributed by atoms with E-state index in [1.807, 2.05) is 40.1 Å². The van der Waals surface area contributed by atoms with Gasteiger partial charge in [-0.25, -0.2) is 9.78 Å². The molecule has 1 N–H and O–H groups in total. The van der Waals surface area contributed by atoms with Gasteiger partial charge in [-0.05, 0) is 25.0 Å². The monoisotopic (exact) mass is 324 g/mol. The van der Waals surface area contributed by atoms with Gasteiger partial charge in [0.2, 0.25) is 0 Å².